The van der Waals surface area contributed by atoms with E-state index in [2.05, 4.69) is 18.7 Å². The molecule has 0 radical (unpaired) electrons. The molecule has 1 aliphatic heterocycles. The summed E-state index contributed by atoms with van der Waals surface area (Å²) in [4.78, 5) is 9.49. The lowest BCUT2D eigenvalue weighted by atomic mass is 10.0. The first-order chi connectivity index (χ1) is 4.34. The van der Waals surface area contributed by atoms with Gasteiger partial charge in [-0.2, -0.15) is 4.89 Å². The lowest BCUT2D eigenvalue weighted by molar-refractivity contribution is -0.261. The summed E-state index contributed by atoms with van der Waals surface area (Å²) in [7, 11) is 0. The molecule has 0 aliphatic carbocycles. The highest BCUT2D eigenvalue weighted by Gasteiger charge is 2.17. The minimum absolute atomic E-state index is 0.176. The molecule has 0 bridgehead atoms. The maximum absolute atomic E-state index is 4.89. The average molecular weight is 128 g/mol. The zero-order valence-electron chi connectivity index (χ0n) is 5.83. The van der Waals surface area contributed by atoms with Crippen LogP contribution in [0.5, 0.6) is 0 Å². The lowest BCUT2D eigenvalue weighted by Gasteiger charge is -2.11. The van der Waals surface area contributed by atoms with Crippen molar-refractivity contribution in [3.05, 3.63) is 12.3 Å². The summed E-state index contributed by atoms with van der Waals surface area (Å²) in [6, 6.07) is 0. The molecule has 0 saturated carbocycles. The quantitative estimate of drug-likeness (QED) is 0.528. The second-order valence-electron chi connectivity index (χ2n) is 2.37. The zero-order chi connectivity index (χ0) is 6.69. The maximum atomic E-state index is 4.89. The monoisotopic (exact) mass is 128 g/mol. The van der Waals surface area contributed by atoms with Crippen LogP contribution in [0.25, 0.3) is 0 Å². The number of rotatable bonds is 2. The van der Waals surface area contributed by atoms with E-state index in [0.29, 0.717) is 5.92 Å². The summed E-state index contributed by atoms with van der Waals surface area (Å²) >= 11 is 0. The summed E-state index contributed by atoms with van der Waals surface area (Å²) in [6.07, 6.45) is 4.83. The standard InChI is InChI=1S/C7H12O2/c1-3-6(2)7-4-5-8-9-7/h4-7H,3H2,1-2H3. The molecule has 2 atom stereocenters. The van der Waals surface area contributed by atoms with Gasteiger partial charge in [0.25, 0.3) is 0 Å². The highest BCUT2D eigenvalue weighted by atomic mass is 17.2. The fourth-order valence-electron chi connectivity index (χ4n) is 0.755. The summed E-state index contributed by atoms with van der Waals surface area (Å²) in [5.41, 5.74) is 0. The van der Waals surface area contributed by atoms with Crippen molar-refractivity contribution in [2.75, 3.05) is 0 Å². The summed E-state index contributed by atoms with van der Waals surface area (Å²) in [6.45, 7) is 4.28. The van der Waals surface area contributed by atoms with Crippen molar-refractivity contribution in [1.82, 2.24) is 0 Å². The Balaban J connectivity index is 2.33. The third-order valence-corrected chi connectivity index (χ3v) is 1.70. The largest absolute Gasteiger partial charge is 0.345 e. The molecular formula is C7H12O2. The van der Waals surface area contributed by atoms with Crippen molar-refractivity contribution in [1.29, 1.82) is 0 Å². The van der Waals surface area contributed by atoms with Gasteiger partial charge in [-0.3, -0.25) is 0 Å². The van der Waals surface area contributed by atoms with Gasteiger partial charge in [0.2, 0.25) is 0 Å². The summed E-state index contributed by atoms with van der Waals surface area (Å²) in [5, 5.41) is 0. The first-order valence-electron chi connectivity index (χ1n) is 3.33. The smallest absolute Gasteiger partial charge is 0.129 e. The predicted octanol–water partition coefficient (Wildman–Crippen LogP) is 1.88. The van der Waals surface area contributed by atoms with Crippen LogP contribution >= 0.6 is 0 Å². The van der Waals surface area contributed by atoms with Crippen LogP contribution in [-0.2, 0) is 9.78 Å². The highest BCUT2D eigenvalue weighted by molar-refractivity contribution is 4.89. The minimum atomic E-state index is 0.176. The summed E-state index contributed by atoms with van der Waals surface area (Å²) in [5.74, 6) is 0.559. The van der Waals surface area contributed by atoms with Gasteiger partial charge in [0, 0.05) is 0 Å². The van der Waals surface area contributed by atoms with Crippen molar-refractivity contribution < 1.29 is 9.78 Å². The van der Waals surface area contributed by atoms with E-state index in [1.54, 1.807) is 6.26 Å². The molecule has 2 heteroatoms. The van der Waals surface area contributed by atoms with Crippen molar-refractivity contribution in [2.45, 2.75) is 26.4 Å². The fraction of sp³-hybridized carbons (Fsp3) is 0.714. The molecule has 0 aromatic carbocycles. The Morgan fingerprint density at radius 3 is 2.89 bits per heavy atom. The third-order valence-electron chi connectivity index (χ3n) is 1.70. The van der Waals surface area contributed by atoms with Crippen molar-refractivity contribution >= 4 is 0 Å². The molecule has 0 spiro atoms. The molecule has 0 fully saturated rings. The fourth-order valence-corrected chi connectivity index (χ4v) is 0.755. The van der Waals surface area contributed by atoms with Gasteiger partial charge in [0.05, 0.1) is 0 Å². The maximum Gasteiger partial charge on any atom is 0.129 e. The molecule has 2 unspecified atom stereocenters. The van der Waals surface area contributed by atoms with E-state index < -0.39 is 0 Å². The van der Waals surface area contributed by atoms with E-state index >= 15 is 0 Å². The topological polar surface area (TPSA) is 18.5 Å². The Bertz CT molecular complexity index is 109. The molecule has 0 aromatic rings. The molecule has 1 rings (SSSR count). The highest BCUT2D eigenvalue weighted by Crippen LogP contribution is 2.16. The van der Waals surface area contributed by atoms with Crippen LogP contribution in [0.4, 0.5) is 0 Å². The van der Waals surface area contributed by atoms with Crippen LogP contribution < -0.4 is 0 Å². The van der Waals surface area contributed by atoms with E-state index in [1.165, 1.54) is 0 Å². The molecule has 0 N–H and O–H groups in total. The first kappa shape index (κ1) is 6.62. The Kier molecular flexibility index (Phi) is 2.11. The number of hydrogen-bond donors (Lipinski definition) is 0. The van der Waals surface area contributed by atoms with Crippen LogP contribution in [0.3, 0.4) is 0 Å². The van der Waals surface area contributed by atoms with Gasteiger partial charge in [0.1, 0.15) is 12.4 Å². The summed E-state index contributed by atoms with van der Waals surface area (Å²) < 4.78 is 0. The van der Waals surface area contributed by atoms with Crippen LogP contribution in [0.1, 0.15) is 20.3 Å². The molecule has 2 nitrogen and oxygen atoms in total. The van der Waals surface area contributed by atoms with Crippen LogP contribution in [0.15, 0.2) is 12.3 Å². The third kappa shape index (κ3) is 1.45. The molecule has 9 heavy (non-hydrogen) atoms. The minimum Gasteiger partial charge on any atom is -0.345 e. The van der Waals surface area contributed by atoms with Gasteiger partial charge in [-0.05, 0) is 12.0 Å². The van der Waals surface area contributed by atoms with Crippen LogP contribution in [0.2, 0.25) is 0 Å². The SMILES string of the molecule is CCC(C)C1C=COO1. The zero-order valence-corrected chi connectivity index (χ0v) is 5.83. The second-order valence-corrected chi connectivity index (χ2v) is 2.37. The normalized spacial score (nSPS) is 28.0. The van der Waals surface area contributed by atoms with Gasteiger partial charge >= 0.3 is 0 Å². The molecule has 0 saturated heterocycles. The predicted molar refractivity (Wildman–Crippen MR) is 34.6 cm³/mol. The Labute approximate surface area is 55.4 Å². The van der Waals surface area contributed by atoms with Crippen LogP contribution in [0, 0.1) is 5.92 Å². The van der Waals surface area contributed by atoms with E-state index in [-0.39, 0.29) is 6.10 Å². The molecule has 1 heterocycles. The van der Waals surface area contributed by atoms with Crippen LogP contribution in [-0.4, -0.2) is 6.10 Å². The molecule has 0 amide bonds. The van der Waals surface area contributed by atoms with Gasteiger partial charge in [-0.1, -0.05) is 20.3 Å². The van der Waals surface area contributed by atoms with E-state index in [9.17, 15) is 0 Å². The Morgan fingerprint density at radius 1 is 1.67 bits per heavy atom. The molecule has 0 aromatic heterocycles. The molecule has 1 aliphatic rings. The van der Waals surface area contributed by atoms with E-state index in [0.717, 1.165) is 6.42 Å². The van der Waals surface area contributed by atoms with Gasteiger partial charge in [-0.25, -0.2) is 0 Å². The molecular weight excluding hydrogens is 116 g/mol. The Morgan fingerprint density at radius 2 is 2.44 bits per heavy atom. The lowest BCUT2D eigenvalue weighted by Crippen LogP contribution is -2.14. The van der Waals surface area contributed by atoms with Crippen molar-refractivity contribution in [3.8, 4) is 0 Å². The second kappa shape index (κ2) is 2.87. The van der Waals surface area contributed by atoms with E-state index in [4.69, 9.17) is 4.89 Å². The van der Waals surface area contributed by atoms with Gasteiger partial charge in [0.15, 0.2) is 0 Å². The number of hydrogen-bond acceptors (Lipinski definition) is 2. The average Bonchev–Trinajstić information content (AvgIpc) is 2.37. The van der Waals surface area contributed by atoms with Gasteiger partial charge < -0.3 is 4.89 Å². The van der Waals surface area contributed by atoms with Crippen molar-refractivity contribution in [2.24, 2.45) is 5.92 Å². The molecule has 52 valence electrons. The first-order valence-corrected chi connectivity index (χ1v) is 3.33. The Hall–Kier alpha value is -0.500. The van der Waals surface area contributed by atoms with E-state index in [1.807, 2.05) is 6.08 Å². The van der Waals surface area contributed by atoms with Crippen molar-refractivity contribution in [3.63, 3.8) is 0 Å². The van der Waals surface area contributed by atoms with Gasteiger partial charge in [-0.15, -0.1) is 0 Å².